The van der Waals surface area contributed by atoms with Crippen LogP contribution in [0.25, 0.3) is 43.6 Å². The molecule has 0 aliphatic carbocycles. The molecule has 744 valence electrons. The number of carbonyl (C=O) groups is 5. The number of methoxy groups -OCH3 is 2. The van der Waals surface area contributed by atoms with Gasteiger partial charge in [-0.25, -0.2) is 19.2 Å². The molecule has 5 N–H and O–H groups in total. The number of β-amino-alcohol motifs (C(OH)–C–C–N with tert-alkyl or cyclic N) is 1. The smallest absolute Gasteiger partial charge is 0.416 e. The topological polar surface area (TPSA) is 290 Å². The molecule has 10 heterocycles. The van der Waals surface area contributed by atoms with E-state index >= 15 is 0 Å². The van der Waals surface area contributed by atoms with Crippen LogP contribution >= 0.6 is 81.2 Å². The highest BCUT2D eigenvalue weighted by Crippen LogP contribution is 2.47. The van der Waals surface area contributed by atoms with E-state index in [4.69, 9.17) is 133 Å². The minimum atomic E-state index is -0.546. The summed E-state index contributed by atoms with van der Waals surface area (Å²) >= 11 is 43.1. The lowest BCUT2D eigenvalue weighted by atomic mass is 9.92. The number of esters is 1. The molecule has 145 heavy (non-hydrogen) atoms. The Kier molecular flexibility index (Phi) is 31.3. The number of aliphatic hydroxyl groups is 1. The molecule has 6 unspecified atom stereocenters. The Balaban J connectivity index is 0.000000122. The van der Waals surface area contributed by atoms with Crippen LogP contribution in [-0.2, 0) is 40.0 Å². The number of hydrogen-bond acceptors (Lipinski definition) is 18. The van der Waals surface area contributed by atoms with Crippen LogP contribution in [-0.4, -0.2) is 185 Å². The molecule has 33 heteroatoms. The summed E-state index contributed by atoms with van der Waals surface area (Å²) in [6.07, 6.45) is 2.93. The van der Waals surface area contributed by atoms with Gasteiger partial charge in [0.2, 0.25) is 0 Å². The van der Waals surface area contributed by atoms with Crippen molar-refractivity contribution in [1.82, 2.24) is 44.4 Å². The third kappa shape index (κ3) is 23.7. The van der Waals surface area contributed by atoms with E-state index in [0.29, 0.717) is 154 Å². The van der Waals surface area contributed by atoms with Crippen molar-refractivity contribution in [3.8, 4) is 51.7 Å². The van der Waals surface area contributed by atoms with Gasteiger partial charge in [0, 0.05) is 148 Å². The van der Waals surface area contributed by atoms with E-state index in [1.807, 2.05) is 158 Å². The molecule has 16 aromatic rings. The largest absolute Gasteiger partial charge is 0.497 e. The molecule has 6 aliphatic rings. The first-order valence-electron chi connectivity index (χ1n) is 47.5. The Labute approximate surface area is 870 Å². The molecule has 22 rings (SSSR count). The van der Waals surface area contributed by atoms with Crippen LogP contribution in [0.5, 0.6) is 51.7 Å². The Morgan fingerprint density at radius 3 is 0.924 bits per heavy atom. The molecule has 0 bridgehead atoms. The first-order chi connectivity index (χ1) is 70.4. The number of nitrogens with zero attached hydrogens (tertiary/aromatic N) is 5. The van der Waals surface area contributed by atoms with Gasteiger partial charge in [0.05, 0.1) is 20.3 Å². The molecule has 2 saturated heterocycles. The minimum absolute atomic E-state index is 0.187. The standard InChI is InChI=1S/C31H31Cl2N3O4.C28H27ClN2O5.C27H22Cl2N2O4.C26H20Cl2N2O4/c32-21-5-10-25(11-6-21)40-31(38)36-16-13-26-27-17-22(33)7-12-28(27)34-29(26)30(36)20-3-8-24(9-4-20)39-19-23(37)18-35-14-1-2-15-35;1-33-15-16-35-21-6-3-18(4-7-21)27-26-23(24-17-19(29)5-12-25(24)30-26)13-14-31(27)28(32)36-22-10-8-20(34-2)9-11-22;28-17-3-8-20(9-4-17)35-27(32)31-12-11-22-23-13-18(29)5-10-24(23)30-25(22)26(31)16-1-6-19(7-2-16)33-14-21-15-34-21;1-15(31)33-19-7-2-16(3-8-19)25-24-21(22-14-18(28)6-11-23(22)29-24)12-13-30(25)26(32)34-20-9-4-17(27)5-10-20/h3-12,17,23,30,34,37H,1-2,13-16,18-19H2;3-12,17,27,30H,13-16H2,1-2H3;1-10,13,21,26,30H,11-12,14-15H2;2-11,14,25,29H,12-13H2,1H3. The molecule has 6 aliphatic heterocycles. The normalized spacial score (nSPS) is 16.8. The average Bonchev–Trinajstić information content (AvgIpc) is 1.62. The number of likely N-dealkylation sites (tertiary alicyclic amines) is 1. The average molecular weight is 2090 g/mol. The van der Waals surface area contributed by atoms with Crippen molar-refractivity contribution in [2.24, 2.45) is 0 Å². The zero-order valence-corrected chi connectivity index (χ0v) is 84.2. The lowest BCUT2D eigenvalue weighted by molar-refractivity contribution is -0.131. The minimum Gasteiger partial charge on any atom is -0.497 e. The number of fused-ring (bicyclic) bond motifs is 12. The number of rotatable bonds is 22. The lowest BCUT2D eigenvalue weighted by Crippen LogP contribution is -2.42. The number of nitrogens with one attached hydrogen (secondary N) is 4. The highest BCUT2D eigenvalue weighted by molar-refractivity contribution is 6.33. The van der Waals surface area contributed by atoms with Crippen LogP contribution in [0, 0.1) is 0 Å². The van der Waals surface area contributed by atoms with Gasteiger partial charge in [0.1, 0.15) is 108 Å². The number of halogens is 7. The van der Waals surface area contributed by atoms with Gasteiger partial charge >= 0.3 is 30.3 Å². The van der Waals surface area contributed by atoms with Gasteiger partial charge in [-0.2, -0.15) is 0 Å². The fraction of sp³-hybridized carbons (Fsp3) is 0.241. The highest BCUT2D eigenvalue weighted by Gasteiger charge is 2.42. The van der Waals surface area contributed by atoms with Crippen LogP contribution in [0.4, 0.5) is 19.2 Å². The van der Waals surface area contributed by atoms with Crippen LogP contribution in [0.15, 0.2) is 267 Å². The Morgan fingerprint density at radius 2 is 0.621 bits per heavy atom. The van der Waals surface area contributed by atoms with Crippen molar-refractivity contribution in [3.05, 3.63) is 369 Å². The number of aliphatic hydroxyl groups excluding tert-OH is 1. The molecule has 0 saturated carbocycles. The van der Waals surface area contributed by atoms with E-state index in [1.54, 1.807) is 143 Å². The number of ether oxygens (including phenoxy) is 11. The SMILES string of the molecule is CC(=O)Oc1ccc(C2c3[nH]c4ccc(Cl)cc4c3CCN2C(=O)Oc2ccc(Cl)cc2)cc1.COCCOc1ccc(C2c3[nH]c4ccc(Cl)cc4c3CCN2C(=O)Oc2ccc(OC)cc2)cc1.O=C(Oc1ccc(Cl)cc1)N1CCc2c([nH]c3ccc(Cl)cc23)C1c1ccc(OCC(O)CN2CCCC2)cc1.O=C(Oc1ccc(Cl)cc1)N1CCc2c([nH]c3ccc(Cl)cc23)C1c1ccc(OCC2CO2)cc1. The molecule has 26 nitrogen and oxygen atoms in total. The van der Waals surface area contributed by atoms with E-state index in [-0.39, 0.29) is 24.8 Å². The second kappa shape index (κ2) is 45.4. The van der Waals surface area contributed by atoms with Crippen LogP contribution in [0.2, 0.25) is 35.2 Å². The summed E-state index contributed by atoms with van der Waals surface area (Å²) in [7, 11) is 3.23. The quantitative estimate of drug-likeness (QED) is 0.0182. The van der Waals surface area contributed by atoms with Gasteiger partial charge in [0.25, 0.3) is 0 Å². The molecule has 0 spiro atoms. The fourth-order valence-corrected chi connectivity index (χ4v) is 20.3. The van der Waals surface area contributed by atoms with E-state index in [0.717, 1.165) is 142 Å². The Morgan fingerprint density at radius 1 is 0.345 bits per heavy atom. The molecule has 0 radical (unpaired) electrons. The summed E-state index contributed by atoms with van der Waals surface area (Å²) in [4.78, 5) is 88.2. The third-order valence-electron chi connectivity index (χ3n) is 26.2. The lowest BCUT2D eigenvalue weighted by Gasteiger charge is -2.35. The summed E-state index contributed by atoms with van der Waals surface area (Å²) < 4.78 is 61.0. The summed E-state index contributed by atoms with van der Waals surface area (Å²) in [5, 5.41) is 19.1. The molecular weight excluding hydrogens is 1990 g/mol. The van der Waals surface area contributed by atoms with Gasteiger partial charge in [-0.15, -0.1) is 0 Å². The first kappa shape index (κ1) is 100. The summed E-state index contributed by atoms with van der Waals surface area (Å²) in [5.41, 5.74) is 15.9. The van der Waals surface area contributed by atoms with Crippen LogP contribution in [0.1, 0.15) is 111 Å². The zero-order valence-electron chi connectivity index (χ0n) is 79.0. The number of epoxide rings is 1. The van der Waals surface area contributed by atoms with Crippen molar-refractivity contribution in [3.63, 3.8) is 0 Å². The van der Waals surface area contributed by atoms with Crippen molar-refractivity contribution < 1.29 is 81.2 Å². The van der Waals surface area contributed by atoms with Gasteiger partial charge in [-0.1, -0.05) is 130 Å². The van der Waals surface area contributed by atoms with Crippen molar-refractivity contribution in [1.29, 1.82) is 0 Å². The fourth-order valence-electron chi connectivity index (χ4n) is 19.2. The number of aromatic nitrogens is 4. The monoisotopic (exact) mass is 2090 g/mol. The van der Waals surface area contributed by atoms with E-state index in [2.05, 4.69) is 24.8 Å². The molecule has 6 atom stereocenters. The number of carbonyl (C=O) groups excluding carboxylic acids is 5. The van der Waals surface area contributed by atoms with Gasteiger partial charge in [-0.05, 0) is 315 Å². The Bertz CT molecular complexity index is 7330. The Hall–Kier alpha value is -13.6. The number of amides is 4. The second-order valence-corrected chi connectivity index (χ2v) is 38.7. The first-order valence-corrected chi connectivity index (χ1v) is 50.1. The summed E-state index contributed by atoms with van der Waals surface area (Å²) in [5.74, 6) is 4.64. The number of hydrogen-bond donors (Lipinski definition) is 5. The number of benzene rings is 12. The van der Waals surface area contributed by atoms with Crippen LogP contribution < -0.4 is 42.6 Å². The maximum atomic E-state index is 13.5. The maximum absolute atomic E-state index is 13.5. The third-order valence-corrected chi connectivity index (χ3v) is 27.9. The number of H-pyrrole nitrogens is 4. The highest BCUT2D eigenvalue weighted by atomic mass is 35.5. The predicted molar refractivity (Wildman–Crippen MR) is 561 cm³/mol. The van der Waals surface area contributed by atoms with Gasteiger partial charge in [0.15, 0.2) is 0 Å². The predicted octanol–water partition coefficient (Wildman–Crippen LogP) is 25.4. The van der Waals surface area contributed by atoms with Crippen molar-refractivity contribution in [2.45, 2.75) is 81.8 Å². The van der Waals surface area contributed by atoms with E-state index in [9.17, 15) is 29.1 Å². The van der Waals surface area contributed by atoms with Crippen molar-refractivity contribution in [2.75, 3.05) is 93.1 Å². The summed E-state index contributed by atoms with van der Waals surface area (Å²) in [6, 6.07) is 79.1. The maximum Gasteiger partial charge on any atom is 0.416 e. The molecule has 12 aromatic carbocycles. The summed E-state index contributed by atoms with van der Waals surface area (Å²) in [6.45, 7) is 8.46. The van der Waals surface area contributed by atoms with Gasteiger partial charge < -0.3 is 82.0 Å². The van der Waals surface area contributed by atoms with E-state index < -0.39 is 48.5 Å². The van der Waals surface area contributed by atoms with Crippen molar-refractivity contribution >= 4 is 155 Å². The second-order valence-electron chi connectivity index (χ2n) is 35.7. The number of aromatic amines is 4. The van der Waals surface area contributed by atoms with Gasteiger partial charge in [-0.3, -0.25) is 24.4 Å². The molecular formula is C112H100Cl7N9O17. The molecule has 4 amide bonds. The molecule has 2 fully saturated rings. The van der Waals surface area contributed by atoms with E-state index in [1.165, 1.54) is 19.8 Å². The van der Waals surface area contributed by atoms with Crippen LogP contribution in [0.3, 0.4) is 0 Å². The molecule has 4 aromatic heterocycles. The zero-order chi connectivity index (χ0) is 100.